The molecule has 0 unspecified atom stereocenters. The van der Waals surface area contributed by atoms with Crippen LogP contribution in [-0.2, 0) is 6.42 Å². The number of nitrogens with one attached hydrogen (secondary N) is 1. The second kappa shape index (κ2) is 5.07. The number of hydrogen-bond acceptors (Lipinski definition) is 3. The van der Waals surface area contributed by atoms with E-state index in [4.69, 9.17) is 4.11 Å². The van der Waals surface area contributed by atoms with Crippen molar-refractivity contribution in [3.8, 4) is 0 Å². The lowest BCUT2D eigenvalue weighted by molar-refractivity contribution is 0.953. The monoisotopic (exact) mass is 269 g/mol. The van der Waals surface area contributed by atoms with Crippen molar-refractivity contribution in [2.45, 2.75) is 13.3 Å². The third kappa shape index (κ3) is 2.31. The highest BCUT2D eigenvalue weighted by atomic mass is 35.5. The molecule has 0 amide bonds. The minimum absolute atomic E-state index is 0. The number of benzene rings is 1. The molecule has 0 spiro atoms. The van der Waals surface area contributed by atoms with Gasteiger partial charge in [-0.2, -0.15) is 0 Å². The summed E-state index contributed by atoms with van der Waals surface area (Å²) in [6.07, 6.45) is 0.581. The van der Waals surface area contributed by atoms with Crippen LogP contribution in [0.25, 0.3) is 10.1 Å². The summed E-state index contributed by atoms with van der Waals surface area (Å²) < 4.78 is 24.1. The van der Waals surface area contributed by atoms with Crippen molar-refractivity contribution in [1.82, 2.24) is 5.32 Å². The van der Waals surface area contributed by atoms with E-state index in [9.17, 15) is 0 Å². The lowest BCUT2D eigenvalue weighted by Gasteiger charge is -2.02. The number of thiophene rings is 1. The van der Waals surface area contributed by atoms with E-state index in [1.165, 1.54) is 11.3 Å². The third-order valence-corrected chi connectivity index (χ3v) is 3.81. The number of rotatable bonds is 2. The zero-order valence-electron chi connectivity index (χ0n) is 12.2. The van der Waals surface area contributed by atoms with Crippen molar-refractivity contribution in [3.05, 3.63) is 34.7 Å². The van der Waals surface area contributed by atoms with Crippen molar-refractivity contribution in [2.75, 3.05) is 13.1 Å². The van der Waals surface area contributed by atoms with E-state index in [2.05, 4.69) is 10.3 Å². The molecule has 1 aromatic carbocycles. The summed E-state index contributed by atoms with van der Waals surface area (Å²) in [5.74, 6) is 0.897. The number of amidine groups is 1. The van der Waals surface area contributed by atoms with Crippen molar-refractivity contribution >= 4 is 39.7 Å². The Morgan fingerprint density at radius 3 is 3.12 bits per heavy atom. The fraction of sp³-hybridized carbons (Fsp3) is 0.308. The van der Waals surface area contributed by atoms with Crippen LogP contribution in [0.4, 0.5) is 0 Å². The Morgan fingerprint density at radius 1 is 1.47 bits per heavy atom. The number of halogens is 1. The van der Waals surface area contributed by atoms with Crippen LogP contribution in [0.5, 0.6) is 0 Å². The van der Waals surface area contributed by atoms with Gasteiger partial charge in [-0.15, -0.1) is 23.7 Å². The molecule has 0 saturated heterocycles. The topological polar surface area (TPSA) is 24.4 Å². The Hall–Kier alpha value is -1.06. The molecule has 0 saturated carbocycles. The summed E-state index contributed by atoms with van der Waals surface area (Å²) in [5, 5.41) is 4.25. The van der Waals surface area contributed by atoms with E-state index in [1.807, 2.05) is 24.3 Å². The second-order valence-electron chi connectivity index (χ2n) is 3.84. The average Bonchev–Trinajstić information content (AvgIpc) is 2.97. The van der Waals surface area contributed by atoms with Gasteiger partial charge in [0.05, 0.1) is 6.54 Å². The maximum absolute atomic E-state index is 7.70. The van der Waals surface area contributed by atoms with Gasteiger partial charge in [-0.3, -0.25) is 4.99 Å². The van der Waals surface area contributed by atoms with Gasteiger partial charge in [-0.05, 0) is 23.9 Å². The maximum atomic E-state index is 7.70. The van der Waals surface area contributed by atoms with Crippen molar-refractivity contribution in [3.63, 3.8) is 0 Å². The van der Waals surface area contributed by atoms with Crippen LogP contribution in [-0.4, -0.2) is 18.9 Å². The van der Waals surface area contributed by atoms with E-state index in [0.717, 1.165) is 34.6 Å². The molecule has 0 fully saturated rings. The van der Waals surface area contributed by atoms with E-state index in [1.54, 1.807) is 0 Å². The minimum Gasteiger partial charge on any atom is -0.372 e. The van der Waals surface area contributed by atoms with Gasteiger partial charge in [0.15, 0.2) is 0 Å². The quantitative estimate of drug-likeness (QED) is 0.890. The van der Waals surface area contributed by atoms with Gasteiger partial charge in [-0.1, -0.05) is 18.2 Å². The molecule has 2 aromatic rings. The summed E-state index contributed by atoms with van der Waals surface area (Å²) in [5.41, 5.74) is 0.897. The largest absolute Gasteiger partial charge is 0.372 e. The lowest BCUT2D eigenvalue weighted by atomic mass is 10.1. The Labute approximate surface area is 115 Å². The van der Waals surface area contributed by atoms with Crippen LogP contribution in [0.3, 0.4) is 0 Å². The molecular weight excluding hydrogens is 252 g/mol. The van der Waals surface area contributed by atoms with Crippen LogP contribution < -0.4 is 5.32 Å². The summed E-state index contributed by atoms with van der Waals surface area (Å²) in [4.78, 5) is 4.86. The molecule has 17 heavy (non-hydrogen) atoms. The fourth-order valence-corrected chi connectivity index (χ4v) is 2.98. The number of aliphatic imine (C=N–C) groups is 1. The highest BCUT2D eigenvalue weighted by Crippen LogP contribution is 2.30. The normalized spacial score (nSPS) is 17.6. The first kappa shape index (κ1) is 8.95. The Morgan fingerprint density at radius 2 is 2.35 bits per heavy atom. The van der Waals surface area contributed by atoms with Gasteiger partial charge in [0.1, 0.15) is 5.84 Å². The number of nitrogens with zero attached hydrogens (tertiary/aromatic N) is 1. The van der Waals surface area contributed by atoms with Crippen molar-refractivity contribution < 1.29 is 4.11 Å². The van der Waals surface area contributed by atoms with Crippen molar-refractivity contribution in [2.24, 2.45) is 4.99 Å². The SMILES string of the molecule is Cl.[2H]C([2H])([2H])c1sc2ccccc2c1CC1=NCCN1. The van der Waals surface area contributed by atoms with E-state index in [-0.39, 0.29) is 12.4 Å². The molecule has 1 N–H and O–H groups in total. The van der Waals surface area contributed by atoms with Crippen LogP contribution in [0, 0.1) is 6.85 Å². The van der Waals surface area contributed by atoms with Crippen LogP contribution in [0.15, 0.2) is 29.3 Å². The molecule has 0 aliphatic carbocycles. The highest BCUT2D eigenvalue weighted by Gasteiger charge is 2.12. The molecule has 1 aromatic heterocycles. The fourth-order valence-electron chi connectivity index (χ4n) is 2.01. The van der Waals surface area contributed by atoms with Crippen LogP contribution in [0.2, 0.25) is 0 Å². The summed E-state index contributed by atoms with van der Waals surface area (Å²) >= 11 is 1.37. The standard InChI is InChI=1S/C13H14N2S.ClH/c1-9-11(8-13-14-6-7-15-13)10-4-2-3-5-12(10)16-9;/h2-5H,6-8H2,1H3,(H,14,15);1H/i1D3;. The van der Waals surface area contributed by atoms with Gasteiger partial charge < -0.3 is 5.32 Å². The van der Waals surface area contributed by atoms with Gasteiger partial charge in [0.25, 0.3) is 0 Å². The average molecular weight is 270 g/mol. The number of hydrogen-bond donors (Lipinski definition) is 1. The lowest BCUT2D eigenvalue weighted by Crippen LogP contribution is -2.20. The molecule has 0 bridgehead atoms. The molecule has 4 heteroatoms. The summed E-state index contributed by atoms with van der Waals surface area (Å²) in [6, 6.07) is 7.86. The minimum atomic E-state index is -2.06. The molecule has 2 heterocycles. The first-order valence-electron chi connectivity index (χ1n) is 6.84. The van der Waals surface area contributed by atoms with Gasteiger partial charge in [0, 0.05) is 26.7 Å². The van der Waals surface area contributed by atoms with Gasteiger partial charge in [0.2, 0.25) is 0 Å². The van der Waals surface area contributed by atoms with E-state index in [0.29, 0.717) is 11.3 Å². The molecule has 0 atom stereocenters. The van der Waals surface area contributed by atoms with Gasteiger partial charge >= 0.3 is 0 Å². The first-order chi connectivity index (χ1) is 9.05. The van der Waals surface area contributed by atoms with E-state index >= 15 is 0 Å². The molecule has 2 nitrogen and oxygen atoms in total. The molecule has 1 aliphatic heterocycles. The smallest absolute Gasteiger partial charge is 0.101 e. The molecule has 1 aliphatic rings. The summed E-state index contributed by atoms with van der Waals surface area (Å²) in [7, 11) is 0. The molecule has 90 valence electrons. The molecule has 3 rings (SSSR count). The zero-order chi connectivity index (χ0) is 13.5. The van der Waals surface area contributed by atoms with Crippen LogP contribution >= 0.6 is 23.7 Å². The summed E-state index contributed by atoms with van der Waals surface area (Å²) in [6.45, 7) is -0.431. The van der Waals surface area contributed by atoms with E-state index < -0.39 is 6.85 Å². The molecule has 0 radical (unpaired) electrons. The van der Waals surface area contributed by atoms with Crippen LogP contribution in [0.1, 0.15) is 14.6 Å². The number of aryl methyl sites for hydroxylation is 1. The first-order valence-corrected chi connectivity index (χ1v) is 6.15. The molecular formula is C13H15ClN2S. The zero-order valence-corrected chi connectivity index (χ0v) is 10.8. The third-order valence-electron chi connectivity index (χ3n) is 2.79. The van der Waals surface area contributed by atoms with Crippen molar-refractivity contribution in [1.29, 1.82) is 0 Å². The predicted molar refractivity (Wildman–Crippen MR) is 77.8 cm³/mol. The highest BCUT2D eigenvalue weighted by molar-refractivity contribution is 7.19. The maximum Gasteiger partial charge on any atom is 0.101 e. The Balaban J connectivity index is 0.00000147. The second-order valence-corrected chi connectivity index (χ2v) is 4.89. The Bertz CT molecular complexity index is 649. The van der Waals surface area contributed by atoms with Gasteiger partial charge in [-0.25, -0.2) is 0 Å². The predicted octanol–water partition coefficient (Wildman–Crippen LogP) is 3.18. The number of fused-ring (bicyclic) bond motifs is 1. The Kier molecular flexibility index (Phi) is 2.67.